The van der Waals surface area contributed by atoms with Gasteiger partial charge in [-0.2, -0.15) is 0 Å². The van der Waals surface area contributed by atoms with E-state index in [1.807, 2.05) is 18.3 Å². The molecule has 0 saturated carbocycles. The van der Waals surface area contributed by atoms with Gasteiger partial charge < -0.3 is 14.0 Å². The molecule has 0 N–H and O–H groups in total. The summed E-state index contributed by atoms with van der Waals surface area (Å²) in [6.07, 6.45) is 2.77. The average molecular weight is 257 g/mol. The highest BCUT2D eigenvalue weighted by molar-refractivity contribution is 5.70. The first-order chi connectivity index (χ1) is 9.22. The number of aromatic nitrogens is 1. The zero-order valence-electron chi connectivity index (χ0n) is 11.0. The summed E-state index contributed by atoms with van der Waals surface area (Å²) in [5, 5.41) is 0. The molecule has 1 aromatic carbocycles. The van der Waals surface area contributed by atoms with Gasteiger partial charge >= 0.3 is 0 Å². The van der Waals surface area contributed by atoms with E-state index in [4.69, 9.17) is 9.47 Å². The van der Waals surface area contributed by atoms with E-state index in [1.54, 1.807) is 26.4 Å². The SMILES string of the molecule is COc1cc2c(cc1OC)-c1cc(=O)ccn1CC2. The fraction of sp³-hybridized carbons (Fsp3) is 0.267. The van der Waals surface area contributed by atoms with Crippen LogP contribution in [0, 0.1) is 0 Å². The predicted molar refractivity (Wildman–Crippen MR) is 72.9 cm³/mol. The van der Waals surface area contributed by atoms with Crippen LogP contribution in [0.3, 0.4) is 0 Å². The van der Waals surface area contributed by atoms with Crippen molar-refractivity contribution in [2.45, 2.75) is 13.0 Å². The van der Waals surface area contributed by atoms with Gasteiger partial charge in [0.05, 0.1) is 19.9 Å². The molecule has 0 spiro atoms. The summed E-state index contributed by atoms with van der Waals surface area (Å²) in [6, 6.07) is 7.20. The van der Waals surface area contributed by atoms with Crippen LogP contribution >= 0.6 is 0 Å². The average Bonchev–Trinajstić information content (AvgIpc) is 2.45. The molecule has 2 aromatic rings. The number of nitrogens with zero attached hydrogens (tertiary/aromatic N) is 1. The van der Waals surface area contributed by atoms with Crippen molar-refractivity contribution in [1.29, 1.82) is 0 Å². The number of benzene rings is 1. The van der Waals surface area contributed by atoms with Crippen LogP contribution in [0.15, 0.2) is 35.3 Å². The van der Waals surface area contributed by atoms with Gasteiger partial charge in [-0.1, -0.05) is 0 Å². The molecule has 4 nitrogen and oxygen atoms in total. The molecule has 98 valence electrons. The van der Waals surface area contributed by atoms with Crippen molar-refractivity contribution in [3.8, 4) is 22.8 Å². The number of hydrogen-bond acceptors (Lipinski definition) is 3. The molecule has 0 fully saturated rings. The molecule has 0 aliphatic carbocycles. The van der Waals surface area contributed by atoms with Gasteiger partial charge in [0.1, 0.15) is 0 Å². The molecule has 0 atom stereocenters. The fourth-order valence-corrected chi connectivity index (χ4v) is 2.54. The van der Waals surface area contributed by atoms with Gasteiger partial charge in [-0.25, -0.2) is 0 Å². The van der Waals surface area contributed by atoms with Crippen LogP contribution in [0.2, 0.25) is 0 Å². The van der Waals surface area contributed by atoms with Crippen LogP contribution in [0.5, 0.6) is 11.5 Å². The number of pyridine rings is 1. The Hall–Kier alpha value is -2.23. The fourth-order valence-electron chi connectivity index (χ4n) is 2.54. The quantitative estimate of drug-likeness (QED) is 0.827. The molecule has 3 rings (SSSR count). The standard InChI is InChI=1S/C15H15NO3/c1-18-14-7-10-3-5-16-6-4-11(17)8-13(16)12(10)9-15(14)19-2/h4,6-9H,3,5H2,1-2H3. The third-order valence-electron chi connectivity index (χ3n) is 3.51. The summed E-state index contributed by atoms with van der Waals surface area (Å²) in [7, 11) is 3.25. The van der Waals surface area contributed by atoms with Crippen LogP contribution < -0.4 is 14.9 Å². The van der Waals surface area contributed by atoms with Crippen LogP contribution in [-0.4, -0.2) is 18.8 Å². The lowest BCUT2D eigenvalue weighted by atomic mass is 9.96. The summed E-state index contributed by atoms with van der Waals surface area (Å²) < 4.78 is 12.7. The van der Waals surface area contributed by atoms with Gasteiger partial charge in [0, 0.05) is 30.4 Å². The van der Waals surface area contributed by atoms with Gasteiger partial charge in [-0.3, -0.25) is 4.79 Å². The molecular weight excluding hydrogens is 242 g/mol. The maximum Gasteiger partial charge on any atom is 0.182 e. The van der Waals surface area contributed by atoms with Crippen molar-refractivity contribution in [1.82, 2.24) is 4.57 Å². The normalized spacial score (nSPS) is 12.5. The molecule has 0 unspecified atom stereocenters. The van der Waals surface area contributed by atoms with Crippen molar-refractivity contribution in [2.75, 3.05) is 14.2 Å². The van der Waals surface area contributed by atoms with Gasteiger partial charge in [0.15, 0.2) is 16.9 Å². The van der Waals surface area contributed by atoms with Gasteiger partial charge in [0.25, 0.3) is 0 Å². The minimum absolute atomic E-state index is 0.0221. The number of ether oxygens (including phenoxy) is 2. The second-order valence-corrected chi connectivity index (χ2v) is 4.56. The summed E-state index contributed by atoms with van der Waals surface area (Å²) in [5.41, 5.74) is 3.19. The van der Waals surface area contributed by atoms with E-state index in [-0.39, 0.29) is 5.43 Å². The molecule has 0 radical (unpaired) electrons. The highest BCUT2D eigenvalue weighted by Gasteiger charge is 2.18. The van der Waals surface area contributed by atoms with Crippen molar-refractivity contribution in [3.63, 3.8) is 0 Å². The van der Waals surface area contributed by atoms with Crippen molar-refractivity contribution >= 4 is 0 Å². The first-order valence-electron chi connectivity index (χ1n) is 6.18. The minimum Gasteiger partial charge on any atom is -0.493 e. The van der Waals surface area contributed by atoms with Gasteiger partial charge in [-0.05, 0) is 24.1 Å². The topological polar surface area (TPSA) is 40.5 Å². The summed E-state index contributed by atoms with van der Waals surface area (Å²) in [6.45, 7) is 0.873. The number of rotatable bonds is 2. The summed E-state index contributed by atoms with van der Waals surface area (Å²) >= 11 is 0. The van der Waals surface area contributed by atoms with E-state index >= 15 is 0 Å². The second-order valence-electron chi connectivity index (χ2n) is 4.56. The molecule has 4 heteroatoms. The Balaban J connectivity index is 2.25. The van der Waals surface area contributed by atoms with Crippen molar-refractivity contribution in [2.24, 2.45) is 0 Å². The Labute approximate surface area is 111 Å². The zero-order valence-corrected chi connectivity index (χ0v) is 11.0. The number of hydrogen-bond donors (Lipinski definition) is 0. The van der Waals surface area contributed by atoms with E-state index in [1.165, 1.54) is 5.56 Å². The second kappa shape index (κ2) is 4.46. The first-order valence-corrected chi connectivity index (χ1v) is 6.18. The van der Waals surface area contributed by atoms with E-state index in [2.05, 4.69) is 4.57 Å². The largest absolute Gasteiger partial charge is 0.493 e. The van der Waals surface area contributed by atoms with E-state index in [0.717, 1.165) is 30.0 Å². The molecule has 0 amide bonds. The Morgan fingerprint density at radius 2 is 1.84 bits per heavy atom. The highest BCUT2D eigenvalue weighted by Crippen LogP contribution is 2.37. The van der Waals surface area contributed by atoms with Crippen LogP contribution in [0.1, 0.15) is 5.56 Å². The minimum atomic E-state index is 0.0221. The molecule has 0 bridgehead atoms. The summed E-state index contributed by atoms with van der Waals surface area (Å²) in [4.78, 5) is 11.6. The van der Waals surface area contributed by atoms with Crippen LogP contribution in [-0.2, 0) is 13.0 Å². The van der Waals surface area contributed by atoms with Crippen LogP contribution in [0.25, 0.3) is 11.3 Å². The lowest BCUT2D eigenvalue weighted by Gasteiger charge is -2.23. The van der Waals surface area contributed by atoms with Crippen LogP contribution in [0.4, 0.5) is 0 Å². The monoisotopic (exact) mass is 257 g/mol. The highest BCUT2D eigenvalue weighted by atomic mass is 16.5. The molecule has 0 saturated heterocycles. The molecular formula is C15H15NO3. The van der Waals surface area contributed by atoms with E-state index in [0.29, 0.717) is 5.75 Å². The molecule has 1 aliphatic rings. The summed E-state index contributed by atoms with van der Waals surface area (Å²) in [5.74, 6) is 1.42. The zero-order chi connectivity index (χ0) is 13.4. The van der Waals surface area contributed by atoms with Crippen molar-refractivity contribution in [3.05, 3.63) is 46.2 Å². The van der Waals surface area contributed by atoms with Gasteiger partial charge in [-0.15, -0.1) is 0 Å². The molecule has 1 aromatic heterocycles. The molecule has 1 aliphatic heterocycles. The lowest BCUT2D eigenvalue weighted by molar-refractivity contribution is 0.354. The lowest BCUT2D eigenvalue weighted by Crippen LogP contribution is -2.15. The third kappa shape index (κ3) is 1.89. The Morgan fingerprint density at radius 1 is 1.11 bits per heavy atom. The molecule has 2 heterocycles. The van der Waals surface area contributed by atoms with E-state index < -0.39 is 0 Å². The number of fused-ring (bicyclic) bond motifs is 3. The Bertz CT molecular complexity index is 688. The molecule has 19 heavy (non-hydrogen) atoms. The Kier molecular flexibility index (Phi) is 2.78. The van der Waals surface area contributed by atoms with Gasteiger partial charge in [0.2, 0.25) is 0 Å². The maximum atomic E-state index is 11.6. The maximum absolute atomic E-state index is 11.6. The van der Waals surface area contributed by atoms with E-state index in [9.17, 15) is 4.79 Å². The third-order valence-corrected chi connectivity index (χ3v) is 3.51. The van der Waals surface area contributed by atoms with Crippen molar-refractivity contribution < 1.29 is 9.47 Å². The Morgan fingerprint density at radius 3 is 2.58 bits per heavy atom. The smallest absolute Gasteiger partial charge is 0.182 e. The number of methoxy groups -OCH3 is 2. The predicted octanol–water partition coefficient (Wildman–Crippen LogP) is 2.09. The first kappa shape index (κ1) is 11.8. The number of aryl methyl sites for hydroxylation is 2.